The number of nitrogens with one attached hydrogen (secondary N) is 1. The number of nitriles is 1. The van der Waals surface area contributed by atoms with Crippen molar-refractivity contribution >= 4 is 5.69 Å². The van der Waals surface area contributed by atoms with Gasteiger partial charge in [-0.25, -0.2) is 4.98 Å². The first-order chi connectivity index (χ1) is 9.78. The molecule has 2 rings (SSSR count). The van der Waals surface area contributed by atoms with Crippen molar-refractivity contribution in [3.63, 3.8) is 0 Å². The Bertz CT molecular complexity index is 583. The molecule has 2 aromatic rings. The molecular formula is C15H18N4O. The van der Waals surface area contributed by atoms with Crippen LogP contribution in [0.2, 0.25) is 0 Å². The van der Waals surface area contributed by atoms with Gasteiger partial charge in [0.25, 0.3) is 0 Å². The maximum atomic E-state index is 9.37. The predicted molar refractivity (Wildman–Crippen MR) is 77.5 cm³/mol. The highest BCUT2D eigenvalue weighted by molar-refractivity contribution is 5.49. The summed E-state index contributed by atoms with van der Waals surface area (Å²) in [5.74, 6) is 0.792. The van der Waals surface area contributed by atoms with Crippen molar-refractivity contribution in [1.29, 1.82) is 5.26 Å². The van der Waals surface area contributed by atoms with Gasteiger partial charge in [-0.2, -0.15) is 5.26 Å². The van der Waals surface area contributed by atoms with E-state index in [4.69, 9.17) is 4.74 Å². The lowest BCUT2D eigenvalue weighted by atomic mass is 10.2. The number of aryl methyl sites for hydroxylation is 1. The minimum absolute atomic E-state index is 0.419. The fourth-order valence-corrected chi connectivity index (χ4v) is 2.03. The van der Waals surface area contributed by atoms with E-state index in [0.717, 1.165) is 30.1 Å². The highest BCUT2D eigenvalue weighted by atomic mass is 16.5. The van der Waals surface area contributed by atoms with Crippen LogP contribution >= 0.6 is 0 Å². The van der Waals surface area contributed by atoms with E-state index in [-0.39, 0.29) is 0 Å². The van der Waals surface area contributed by atoms with Crippen LogP contribution in [0.3, 0.4) is 0 Å². The molecular weight excluding hydrogens is 252 g/mol. The molecule has 0 aliphatic rings. The summed E-state index contributed by atoms with van der Waals surface area (Å²) < 4.78 is 7.12. The van der Waals surface area contributed by atoms with E-state index in [0.29, 0.717) is 0 Å². The Hall–Kier alpha value is -2.48. The average Bonchev–Trinajstić information content (AvgIpc) is 2.94. The molecule has 0 saturated carbocycles. The molecule has 0 amide bonds. The Morgan fingerprint density at radius 3 is 2.75 bits per heavy atom. The predicted octanol–water partition coefficient (Wildman–Crippen LogP) is 2.98. The Balaban J connectivity index is 2.15. The molecule has 0 fully saturated rings. The van der Waals surface area contributed by atoms with E-state index in [1.807, 2.05) is 28.8 Å². The van der Waals surface area contributed by atoms with Crippen LogP contribution in [0.25, 0.3) is 0 Å². The number of anilines is 1. The highest BCUT2D eigenvalue weighted by Crippen LogP contribution is 2.21. The Morgan fingerprint density at radius 1 is 1.40 bits per heavy atom. The number of ether oxygens (including phenoxy) is 1. The van der Waals surface area contributed by atoms with Crippen molar-refractivity contribution in [2.45, 2.75) is 25.9 Å². The molecule has 0 aliphatic heterocycles. The standard InChI is InChI=1S/C15H18N4O/c1-3-8-19-11-17-10-15(19)14(9-16)18-12-4-6-13(20-2)7-5-12/h4-7,10-11,14,18H,3,8H2,1-2H3. The van der Waals surface area contributed by atoms with Crippen molar-refractivity contribution in [1.82, 2.24) is 9.55 Å². The van der Waals surface area contributed by atoms with Crippen molar-refractivity contribution in [3.8, 4) is 11.8 Å². The second-order valence-corrected chi connectivity index (χ2v) is 4.45. The number of aromatic nitrogens is 2. The number of nitrogens with zero attached hydrogens (tertiary/aromatic N) is 3. The number of imidazole rings is 1. The lowest BCUT2D eigenvalue weighted by molar-refractivity contribution is 0.415. The fraction of sp³-hybridized carbons (Fsp3) is 0.333. The van der Waals surface area contributed by atoms with E-state index < -0.39 is 6.04 Å². The van der Waals surface area contributed by atoms with Gasteiger partial charge >= 0.3 is 0 Å². The van der Waals surface area contributed by atoms with Gasteiger partial charge in [0.1, 0.15) is 5.75 Å². The van der Waals surface area contributed by atoms with E-state index in [2.05, 4.69) is 23.3 Å². The fourth-order valence-electron chi connectivity index (χ4n) is 2.03. The van der Waals surface area contributed by atoms with Crippen molar-refractivity contribution < 1.29 is 4.74 Å². The van der Waals surface area contributed by atoms with Crippen LogP contribution in [-0.2, 0) is 6.54 Å². The SMILES string of the molecule is CCCn1cncc1C(C#N)Nc1ccc(OC)cc1. The topological polar surface area (TPSA) is 62.9 Å². The molecule has 5 nitrogen and oxygen atoms in total. The summed E-state index contributed by atoms with van der Waals surface area (Å²) in [5, 5.41) is 12.6. The van der Waals surface area contributed by atoms with E-state index >= 15 is 0 Å². The van der Waals surface area contributed by atoms with Crippen LogP contribution in [0.5, 0.6) is 5.75 Å². The summed E-state index contributed by atoms with van der Waals surface area (Å²) >= 11 is 0. The molecule has 1 aromatic heterocycles. The molecule has 1 atom stereocenters. The number of benzene rings is 1. The molecule has 1 N–H and O–H groups in total. The van der Waals surface area contributed by atoms with Gasteiger partial charge in [0, 0.05) is 12.2 Å². The zero-order chi connectivity index (χ0) is 14.4. The van der Waals surface area contributed by atoms with Gasteiger partial charge in [-0.05, 0) is 30.7 Å². The highest BCUT2D eigenvalue weighted by Gasteiger charge is 2.15. The van der Waals surface area contributed by atoms with E-state index in [1.54, 1.807) is 19.6 Å². The second-order valence-electron chi connectivity index (χ2n) is 4.45. The van der Waals surface area contributed by atoms with E-state index in [9.17, 15) is 5.26 Å². The van der Waals surface area contributed by atoms with Gasteiger partial charge in [-0.3, -0.25) is 0 Å². The van der Waals surface area contributed by atoms with Crippen LogP contribution in [0.1, 0.15) is 25.1 Å². The number of hydrogen-bond acceptors (Lipinski definition) is 4. The molecule has 0 aliphatic carbocycles. The van der Waals surface area contributed by atoms with Gasteiger partial charge in [0.15, 0.2) is 6.04 Å². The molecule has 1 aromatic carbocycles. The summed E-state index contributed by atoms with van der Waals surface area (Å²) in [5.41, 5.74) is 1.76. The van der Waals surface area contributed by atoms with Gasteiger partial charge < -0.3 is 14.6 Å². The number of hydrogen-bond donors (Lipinski definition) is 1. The zero-order valence-corrected chi connectivity index (χ0v) is 11.7. The summed E-state index contributed by atoms with van der Waals surface area (Å²) in [7, 11) is 1.63. The Labute approximate surface area is 118 Å². The molecule has 0 bridgehead atoms. The second kappa shape index (κ2) is 6.62. The molecule has 5 heteroatoms. The number of rotatable bonds is 6. The lowest BCUT2D eigenvalue weighted by Gasteiger charge is -2.15. The summed E-state index contributed by atoms with van der Waals surface area (Å²) in [4.78, 5) is 4.13. The van der Waals surface area contributed by atoms with Gasteiger partial charge in [-0.1, -0.05) is 6.92 Å². The van der Waals surface area contributed by atoms with Crippen molar-refractivity contribution in [2.75, 3.05) is 12.4 Å². The first kappa shape index (κ1) is 13.9. The first-order valence-corrected chi connectivity index (χ1v) is 6.58. The van der Waals surface area contributed by atoms with Gasteiger partial charge in [0.2, 0.25) is 0 Å². The maximum absolute atomic E-state index is 9.37. The minimum atomic E-state index is -0.419. The minimum Gasteiger partial charge on any atom is -0.497 e. The van der Waals surface area contributed by atoms with Crippen LogP contribution < -0.4 is 10.1 Å². The van der Waals surface area contributed by atoms with Crippen LogP contribution in [0.4, 0.5) is 5.69 Å². The third-order valence-corrected chi connectivity index (χ3v) is 3.03. The van der Waals surface area contributed by atoms with Crippen LogP contribution in [0, 0.1) is 11.3 Å². The van der Waals surface area contributed by atoms with Crippen molar-refractivity contribution in [3.05, 3.63) is 42.5 Å². The monoisotopic (exact) mass is 270 g/mol. The van der Waals surface area contributed by atoms with Gasteiger partial charge in [0.05, 0.1) is 31.4 Å². The smallest absolute Gasteiger partial charge is 0.156 e. The summed E-state index contributed by atoms with van der Waals surface area (Å²) in [6, 6.07) is 9.37. The Kier molecular flexibility index (Phi) is 4.61. The quantitative estimate of drug-likeness (QED) is 0.876. The first-order valence-electron chi connectivity index (χ1n) is 6.58. The summed E-state index contributed by atoms with van der Waals surface area (Å²) in [6.07, 6.45) is 4.50. The molecule has 0 radical (unpaired) electrons. The van der Waals surface area contributed by atoms with E-state index in [1.165, 1.54) is 0 Å². The largest absolute Gasteiger partial charge is 0.497 e. The molecule has 1 unspecified atom stereocenters. The summed E-state index contributed by atoms with van der Waals surface area (Å²) in [6.45, 7) is 2.96. The molecule has 20 heavy (non-hydrogen) atoms. The Morgan fingerprint density at radius 2 is 2.15 bits per heavy atom. The number of methoxy groups -OCH3 is 1. The molecule has 0 saturated heterocycles. The molecule has 0 spiro atoms. The maximum Gasteiger partial charge on any atom is 0.156 e. The normalized spacial score (nSPS) is 11.7. The van der Waals surface area contributed by atoms with Crippen LogP contribution in [-0.4, -0.2) is 16.7 Å². The third-order valence-electron chi connectivity index (χ3n) is 3.03. The van der Waals surface area contributed by atoms with Gasteiger partial charge in [-0.15, -0.1) is 0 Å². The lowest BCUT2D eigenvalue weighted by Crippen LogP contribution is -2.13. The van der Waals surface area contributed by atoms with Crippen molar-refractivity contribution in [2.24, 2.45) is 0 Å². The van der Waals surface area contributed by atoms with Crippen LogP contribution in [0.15, 0.2) is 36.8 Å². The zero-order valence-electron chi connectivity index (χ0n) is 11.7. The molecule has 104 valence electrons. The average molecular weight is 270 g/mol. The third kappa shape index (κ3) is 3.09. The molecule has 1 heterocycles.